The molecule has 2 aromatic heterocycles. The van der Waals surface area contributed by atoms with Crippen LogP contribution in [-0.2, 0) is 20.3 Å². The fourth-order valence-corrected chi connectivity index (χ4v) is 5.09. The zero-order chi connectivity index (χ0) is 23.9. The van der Waals surface area contributed by atoms with E-state index in [0.29, 0.717) is 29.9 Å². The van der Waals surface area contributed by atoms with Crippen LogP contribution in [0.15, 0.2) is 60.9 Å². The zero-order valence-electron chi connectivity index (χ0n) is 18.5. The molecule has 6 nitrogen and oxygen atoms in total. The third-order valence-electron chi connectivity index (χ3n) is 5.85. The number of rotatable bonds is 5. The molecule has 4 aromatic rings. The fraction of sp³-hybridized carbons (Fsp3) is 0.240. The van der Waals surface area contributed by atoms with E-state index in [2.05, 4.69) is 10.00 Å². The summed E-state index contributed by atoms with van der Waals surface area (Å²) in [4.78, 5) is 2.23. The average Bonchev–Trinajstić information content (AvgIpc) is 3.21. The van der Waals surface area contributed by atoms with E-state index in [0.717, 1.165) is 42.2 Å². The molecule has 0 saturated carbocycles. The Kier molecular flexibility index (Phi) is 5.83. The molecule has 1 saturated heterocycles. The quantitative estimate of drug-likeness (QED) is 0.423. The summed E-state index contributed by atoms with van der Waals surface area (Å²) in [6, 6.07) is 12.5. The van der Waals surface area contributed by atoms with Crippen LogP contribution >= 0.6 is 0 Å². The van der Waals surface area contributed by atoms with E-state index in [1.54, 1.807) is 28.9 Å². The van der Waals surface area contributed by atoms with Gasteiger partial charge in [0.2, 0.25) is 0 Å². The minimum atomic E-state index is -3.33. The number of aromatic nitrogens is 2. The molecule has 0 N–H and O–H groups in total. The molecule has 0 aliphatic carbocycles. The number of benzene rings is 2. The number of ether oxygens (including phenoxy) is 1. The highest BCUT2D eigenvalue weighted by atomic mass is 32.2. The Labute approximate surface area is 196 Å². The third-order valence-corrected chi connectivity index (χ3v) is 6.71. The molecule has 0 radical (unpaired) electrons. The second kappa shape index (κ2) is 8.81. The standard InChI is InChI=1S/C25H23F2N3O3S/c1-34(31,32)16-17-10-18(22-4-2-20(26)13-24(22)27)12-19(11-17)23-14-28-30-15-21(3-5-25(23)30)29-6-8-33-9-7-29/h2-5,10-15H,6-9,16H2,1H3. The van der Waals surface area contributed by atoms with Crippen molar-refractivity contribution in [3.05, 3.63) is 78.1 Å². The Morgan fingerprint density at radius 1 is 0.971 bits per heavy atom. The van der Waals surface area contributed by atoms with Crippen molar-refractivity contribution in [2.24, 2.45) is 0 Å². The Morgan fingerprint density at radius 2 is 1.71 bits per heavy atom. The van der Waals surface area contributed by atoms with Crippen LogP contribution in [0.25, 0.3) is 27.8 Å². The molecule has 0 bridgehead atoms. The summed E-state index contributed by atoms with van der Waals surface area (Å²) in [5, 5.41) is 4.50. The minimum absolute atomic E-state index is 0.197. The largest absolute Gasteiger partial charge is 0.378 e. The summed E-state index contributed by atoms with van der Waals surface area (Å²) in [6.07, 6.45) is 4.81. The van der Waals surface area contributed by atoms with Crippen molar-refractivity contribution in [2.75, 3.05) is 37.5 Å². The first-order valence-corrected chi connectivity index (χ1v) is 12.9. The number of anilines is 1. The third kappa shape index (κ3) is 4.67. The Morgan fingerprint density at radius 3 is 2.41 bits per heavy atom. The van der Waals surface area contributed by atoms with Gasteiger partial charge < -0.3 is 9.64 Å². The number of nitrogens with zero attached hydrogens (tertiary/aromatic N) is 3. The van der Waals surface area contributed by atoms with Crippen LogP contribution in [0.5, 0.6) is 0 Å². The molecule has 0 atom stereocenters. The van der Waals surface area contributed by atoms with Gasteiger partial charge >= 0.3 is 0 Å². The second-order valence-electron chi connectivity index (χ2n) is 8.49. The highest BCUT2D eigenvalue weighted by Crippen LogP contribution is 2.33. The first-order valence-electron chi connectivity index (χ1n) is 10.8. The average molecular weight is 484 g/mol. The predicted octanol–water partition coefficient (Wildman–Crippen LogP) is 4.33. The van der Waals surface area contributed by atoms with Crippen molar-refractivity contribution in [2.45, 2.75) is 5.75 Å². The Hall–Kier alpha value is -3.30. The summed E-state index contributed by atoms with van der Waals surface area (Å²) in [7, 11) is -3.33. The predicted molar refractivity (Wildman–Crippen MR) is 128 cm³/mol. The van der Waals surface area contributed by atoms with Gasteiger partial charge in [-0.05, 0) is 59.2 Å². The van der Waals surface area contributed by atoms with E-state index < -0.39 is 21.5 Å². The number of hydrogen-bond donors (Lipinski definition) is 0. The van der Waals surface area contributed by atoms with E-state index in [9.17, 15) is 17.2 Å². The van der Waals surface area contributed by atoms with Crippen LogP contribution in [0.3, 0.4) is 0 Å². The van der Waals surface area contributed by atoms with Gasteiger partial charge in [0, 0.05) is 36.5 Å². The summed E-state index contributed by atoms with van der Waals surface area (Å²) >= 11 is 0. The van der Waals surface area contributed by atoms with Crippen molar-refractivity contribution in [1.29, 1.82) is 0 Å². The van der Waals surface area contributed by atoms with E-state index in [1.807, 2.05) is 18.3 Å². The first kappa shape index (κ1) is 22.5. The monoisotopic (exact) mass is 483 g/mol. The van der Waals surface area contributed by atoms with Crippen LogP contribution < -0.4 is 4.90 Å². The molecule has 1 aliphatic rings. The topological polar surface area (TPSA) is 63.9 Å². The maximum Gasteiger partial charge on any atom is 0.151 e. The van der Waals surface area contributed by atoms with Crippen molar-refractivity contribution in [1.82, 2.24) is 9.61 Å². The second-order valence-corrected chi connectivity index (χ2v) is 10.6. The molecular formula is C25H23F2N3O3S. The van der Waals surface area contributed by atoms with Crippen LogP contribution in [0.1, 0.15) is 5.56 Å². The van der Waals surface area contributed by atoms with Crippen LogP contribution in [0.2, 0.25) is 0 Å². The first-order chi connectivity index (χ1) is 16.3. The maximum atomic E-state index is 14.6. The van der Waals surface area contributed by atoms with Gasteiger partial charge in [-0.2, -0.15) is 5.10 Å². The molecule has 2 aromatic carbocycles. The lowest BCUT2D eigenvalue weighted by molar-refractivity contribution is 0.122. The summed E-state index contributed by atoms with van der Waals surface area (Å²) in [6.45, 7) is 2.97. The number of morpholine rings is 1. The molecule has 176 valence electrons. The van der Waals surface area contributed by atoms with E-state index in [1.165, 1.54) is 12.1 Å². The molecular weight excluding hydrogens is 460 g/mol. The number of sulfone groups is 1. The lowest BCUT2D eigenvalue weighted by atomic mass is 9.96. The minimum Gasteiger partial charge on any atom is -0.378 e. The number of halogens is 2. The van der Waals surface area contributed by atoms with Gasteiger partial charge in [-0.25, -0.2) is 21.7 Å². The molecule has 0 unspecified atom stereocenters. The molecule has 1 aliphatic heterocycles. The van der Waals surface area contributed by atoms with E-state index in [4.69, 9.17) is 4.74 Å². The SMILES string of the molecule is CS(=O)(=O)Cc1cc(-c2ccc(F)cc2F)cc(-c2cnn3cc(N4CCOCC4)ccc23)c1. The summed E-state index contributed by atoms with van der Waals surface area (Å²) in [5.41, 5.74) is 4.54. The molecule has 1 fully saturated rings. The normalized spacial score (nSPS) is 14.6. The maximum absolute atomic E-state index is 14.6. The number of fused-ring (bicyclic) bond motifs is 1. The van der Waals surface area contributed by atoms with Crippen LogP contribution in [-0.4, -0.2) is 50.6 Å². The zero-order valence-corrected chi connectivity index (χ0v) is 19.4. The highest BCUT2D eigenvalue weighted by Gasteiger charge is 2.16. The number of hydrogen-bond acceptors (Lipinski definition) is 5. The lowest BCUT2D eigenvalue weighted by Crippen LogP contribution is -2.36. The number of pyridine rings is 1. The van der Waals surface area contributed by atoms with Crippen LogP contribution in [0.4, 0.5) is 14.5 Å². The summed E-state index contributed by atoms with van der Waals surface area (Å²) in [5.74, 6) is -1.58. The van der Waals surface area contributed by atoms with Crippen molar-refractivity contribution >= 4 is 21.0 Å². The van der Waals surface area contributed by atoms with Crippen molar-refractivity contribution in [3.8, 4) is 22.3 Å². The molecule has 34 heavy (non-hydrogen) atoms. The van der Waals surface area contributed by atoms with Crippen molar-refractivity contribution in [3.63, 3.8) is 0 Å². The van der Waals surface area contributed by atoms with Gasteiger partial charge in [0.05, 0.1) is 42.6 Å². The molecule has 3 heterocycles. The van der Waals surface area contributed by atoms with Gasteiger partial charge in [0.1, 0.15) is 11.6 Å². The van der Waals surface area contributed by atoms with Gasteiger partial charge in [0.15, 0.2) is 9.84 Å². The smallest absolute Gasteiger partial charge is 0.151 e. The molecule has 5 rings (SSSR count). The van der Waals surface area contributed by atoms with Gasteiger partial charge in [0.25, 0.3) is 0 Å². The highest BCUT2D eigenvalue weighted by molar-refractivity contribution is 7.89. The van der Waals surface area contributed by atoms with Crippen molar-refractivity contribution < 1.29 is 21.9 Å². The molecule has 0 amide bonds. The van der Waals surface area contributed by atoms with Gasteiger partial charge in [-0.15, -0.1) is 0 Å². The molecule has 9 heteroatoms. The van der Waals surface area contributed by atoms with E-state index >= 15 is 0 Å². The Balaban J connectivity index is 1.61. The van der Waals surface area contributed by atoms with Gasteiger partial charge in [-0.1, -0.05) is 0 Å². The fourth-order valence-electron chi connectivity index (χ4n) is 4.32. The molecule has 0 spiro atoms. The lowest BCUT2D eigenvalue weighted by Gasteiger charge is -2.28. The van der Waals surface area contributed by atoms with Gasteiger partial charge in [-0.3, -0.25) is 0 Å². The summed E-state index contributed by atoms with van der Waals surface area (Å²) < 4.78 is 59.2. The Bertz CT molecular complexity index is 1480. The van der Waals surface area contributed by atoms with Crippen LogP contribution in [0, 0.1) is 11.6 Å². The van der Waals surface area contributed by atoms with E-state index in [-0.39, 0.29) is 11.3 Å².